The van der Waals surface area contributed by atoms with Crippen molar-refractivity contribution in [2.45, 2.75) is 56.9 Å². The van der Waals surface area contributed by atoms with Crippen LogP contribution >= 0.6 is 0 Å². The molecule has 0 aromatic heterocycles. The molecule has 0 saturated heterocycles. The van der Waals surface area contributed by atoms with Crippen molar-refractivity contribution < 1.29 is 19.1 Å². The Morgan fingerprint density at radius 2 is 1.41 bits per heavy atom. The van der Waals surface area contributed by atoms with E-state index in [0.29, 0.717) is 24.5 Å². The van der Waals surface area contributed by atoms with Crippen LogP contribution in [-0.4, -0.2) is 24.1 Å². The van der Waals surface area contributed by atoms with E-state index in [4.69, 9.17) is 15.2 Å². The summed E-state index contributed by atoms with van der Waals surface area (Å²) in [4.78, 5) is 26.2. The smallest absolute Gasteiger partial charge is 0.408 e. The van der Waals surface area contributed by atoms with Gasteiger partial charge in [-0.3, -0.25) is 4.79 Å². The first-order valence-corrected chi connectivity index (χ1v) is 12.8. The Bertz CT molecular complexity index is 1130. The van der Waals surface area contributed by atoms with Crippen LogP contribution in [0.1, 0.15) is 54.8 Å². The molecule has 194 valence electrons. The van der Waals surface area contributed by atoms with Crippen molar-refractivity contribution in [2.24, 2.45) is 5.73 Å². The molecule has 0 aliphatic heterocycles. The largest absolute Gasteiger partial charge is 0.489 e. The normalized spacial score (nSPS) is 15.3. The Kier molecular flexibility index (Phi) is 9.16. The molecule has 7 heteroatoms. The topological polar surface area (TPSA) is 103 Å². The van der Waals surface area contributed by atoms with Crippen molar-refractivity contribution >= 4 is 12.0 Å². The van der Waals surface area contributed by atoms with E-state index in [-0.39, 0.29) is 12.5 Å². The summed E-state index contributed by atoms with van der Waals surface area (Å²) >= 11 is 0. The number of rotatable bonds is 10. The highest BCUT2D eigenvalue weighted by atomic mass is 16.5. The SMILES string of the molecule is NCC1(NC(=O)[C@H](NC(=O)OCc2ccccc2)c2ccc(OCc3ccccc3)cc2)CCCCC1. The van der Waals surface area contributed by atoms with E-state index in [2.05, 4.69) is 10.6 Å². The number of benzene rings is 3. The lowest BCUT2D eigenvalue weighted by molar-refractivity contribution is -0.125. The fraction of sp³-hybridized carbons (Fsp3) is 0.333. The number of nitrogens with two attached hydrogens (primary N) is 1. The zero-order chi connectivity index (χ0) is 25.9. The second-order valence-corrected chi connectivity index (χ2v) is 9.52. The van der Waals surface area contributed by atoms with Crippen molar-refractivity contribution in [3.8, 4) is 5.75 Å². The van der Waals surface area contributed by atoms with Crippen LogP contribution in [0.25, 0.3) is 0 Å². The quantitative estimate of drug-likeness (QED) is 0.362. The van der Waals surface area contributed by atoms with Gasteiger partial charge in [0, 0.05) is 6.54 Å². The molecule has 37 heavy (non-hydrogen) atoms. The van der Waals surface area contributed by atoms with E-state index < -0.39 is 17.7 Å². The van der Waals surface area contributed by atoms with Crippen LogP contribution in [0.15, 0.2) is 84.9 Å². The Morgan fingerprint density at radius 3 is 2.00 bits per heavy atom. The first-order valence-electron chi connectivity index (χ1n) is 12.8. The van der Waals surface area contributed by atoms with Gasteiger partial charge in [-0.2, -0.15) is 0 Å². The third-order valence-corrected chi connectivity index (χ3v) is 6.79. The number of nitrogens with one attached hydrogen (secondary N) is 2. The summed E-state index contributed by atoms with van der Waals surface area (Å²) in [6, 6.07) is 25.5. The van der Waals surface area contributed by atoms with E-state index in [0.717, 1.165) is 43.2 Å². The molecule has 0 spiro atoms. The molecule has 4 N–H and O–H groups in total. The van der Waals surface area contributed by atoms with Crippen molar-refractivity contribution in [2.75, 3.05) is 6.54 Å². The van der Waals surface area contributed by atoms with Gasteiger partial charge in [-0.05, 0) is 41.7 Å². The molecule has 1 aliphatic carbocycles. The second kappa shape index (κ2) is 12.9. The Hall–Kier alpha value is -3.84. The molecule has 0 heterocycles. The summed E-state index contributed by atoms with van der Waals surface area (Å²) in [7, 11) is 0. The van der Waals surface area contributed by atoms with E-state index in [1.165, 1.54) is 0 Å². The zero-order valence-electron chi connectivity index (χ0n) is 21.0. The van der Waals surface area contributed by atoms with Crippen LogP contribution in [0.3, 0.4) is 0 Å². The van der Waals surface area contributed by atoms with Gasteiger partial charge in [0.1, 0.15) is 25.0 Å². The number of alkyl carbamates (subject to hydrolysis) is 1. The highest BCUT2D eigenvalue weighted by Gasteiger charge is 2.35. The van der Waals surface area contributed by atoms with Gasteiger partial charge < -0.3 is 25.8 Å². The number of hydrogen-bond acceptors (Lipinski definition) is 5. The molecular weight excluding hydrogens is 466 g/mol. The standard InChI is InChI=1S/C30H35N3O4/c31-22-30(18-8-3-9-19-30)33-28(34)27(32-29(35)37-21-24-12-6-2-7-13-24)25-14-16-26(17-15-25)36-20-23-10-4-1-5-11-23/h1-2,4-7,10-17,27H,3,8-9,18-22,31H2,(H,32,35)(H,33,34)/t27-/m1/s1. The lowest BCUT2D eigenvalue weighted by atomic mass is 9.81. The maximum absolute atomic E-state index is 13.5. The van der Waals surface area contributed by atoms with Crippen LogP contribution in [0.4, 0.5) is 4.79 Å². The van der Waals surface area contributed by atoms with Crippen molar-refractivity contribution in [3.63, 3.8) is 0 Å². The average molecular weight is 502 g/mol. The minimum absolute atomic E-state index is 0.111. The average Bonchev–Trinajstić information content (AvgIpc) is 2.95. The Morgan fingerprint density at radius 1 is 0.811 bits per heavy atom. The van der Waals surface area contributed by atoms with E-state index in [1.54, 1.807) is 24.3 Å². The molecule has 7 nitrogen and oxygen atoms in total. The van der Waals surface area contributed by atoms with E-state index in [1.807, 2.05) is 60.7 Å². The summed E-state index contributed by atoms with van der Waals surface area (Å²) in [6.07, 6.45) is 4.15. The van der Waals surface area contributed by atoms with Gasteiger partial charge in [0.25, 0.3) is 0 Å². The lowest BCUT2D eigenvalue weighted by Crippen LogP contribution is -2.57. The molecule has 3 aromatic carbocycles. The highest BCUT2D eigenvalue weighted by Crippen LogP contribution is 2.28. The lowest BCUT2D eigenvalue weighted by Gasteiger charge is -2.38. The zero-order valence-corrected chi connectivity index (χ0v) is 21.0. The van der Waals surface area contributed by atoms with Gasteiger partial charge in [-0.25, -0.2) is 4.79 Å². The molecule has 1 saturated carbocycles. The van der Waals surface area contributed by atoms with Gasteiger partial charge in [0.2, 0.25) is 5.91 Å². The molecular formula is C30H35N3O4. The summed E-state index contributed by atoms with van der Waals surface area (Å²) in [5.74, 6) is 0.367. The summed E-state index contributed by atoms with van der Waals surface area (Å²) in [6.45, 7) is 0.906. The minimum Gasteiger partial charge on any atom is -0.489 e. The number of amides is 2. The molecule has 1 atom stereocenters. The fourth-order valence-corrected chi connectivity index (χ4v) is 4.62. The van der Waals surface area contributed by atoms with Gasteiger partial charge in [-0.15, -0.1) is 0 Å². The maximum atomic E-state index is 13.5. The summed E-state index contributed by atoms with van der Waals surface area (Å²) in [5, 5.41) is 5.91. The summed E-state index contributed by atoms with van der Waals surface area (Å²) < 4.78 is 11.3. The number of hydrogen-bond donors (Lipinski definition) is 3. The van der Waals surface area contributed by atoms with Crippen molar-refractivity contribution in [1.82, 2.24) is 10.6 Å². The molecule has 0 bridgehead atoms. The molecule has 0 radical (unpaired) electrons. The van der Waals surface area contributed by atoms with Gasteiger partial charge in [-0.1, -0.05) is 92.1 Å². The van der Waals surface area contributed by atoms with Crippen LogP contribution < -0.4 is 21.1 Å². The predicted molar refractivity (Wildman–Crippen MR) is 143 cm³/mol. The second-order valence-electron chi connectivity index (χ2n) is 9.52. The van der Waals surface area contributed by atoms with Crippen molar-refractivity contribution in [3.05, 3.63) is 102 Å². The monoisotopic (exact) mass is 501 g/mol. The highest BCUT2D eigenvalue weighted by molar-refractivity contribution is 5.87. The van der Waals surface area contributed by atoms with Crippen molar-refractivity contribution in [1.29, 1.82) is 0 Å². The van der Waals surface area contributed by atoms with Crippen LogP contribution in [0.2, 0.25) is 0 Å². The van der Waals surface area contributed by atoms with E-state index >= 15 is 0 Å². The molecule has 1 fully saturated rings. The Labute approximate surface area is 218 Å². The number of carbonyl (C=O) groups is 2. The number of ether oxygens (including phenoxy) is 2. The van der Waals surface area contributed by atoms with Gasteiger partial charge >= 0.3 is 6.09 Å². The van der Waals surface area contributed by atoms with Gasteiger partial charge in [0.05, 0.1) is 5.54 Å². The minimum atomic E-state index is -0.934. The van der Waals surface area contributed by atoms with Gasteiger partial charge in [0.15, 0.2) is 0 Å². The maximum Gasteiger partial charge on any atom is 0.408 e. The molecule has 3 aromatic rings. The molecule has 0 unspecified atom stereocenters. The fourth-order valence-electron chi connectivity index (χ4n) is 4.62. The first kappa shape index (κ1) is 26.2. The summed E-state index contributed by atoms with van der Waals surface area (Å²) in [5.41, 5.74) is 8.19. The first-order chi connectivity index (χ1) is 18.1. The molecule has 4 rings (SSSR count). The third-order valence-electron chi connectivity index (χ3n) is 6.79. The third kappa shape index (κ3) is 7.57. The molecule has 2 amide bonds. The molecule has 1 aliphatic rings. The van der Waals surface area contributed by atoms with Crippen LogP contribution in [0.5, 0.6) is 5.75 Å². The Balaban J connectivity index is 1.46. The van der Waals surface area contributed by atoms with Crippen LogP contribution in [0, 0.1) is 0 Å². The van der Waals surface area contributed by atoms with Crippen LogP contribution in [-0.2, 0) is 22.7 Å². The number of carbonyl (C=O) groups excluding carboxylic acids is 2. The van der Waals surface area contributed by atoms with E-state index in [9.17, 15) is 9.59 Å². The predicted octanol–water partition coefficient (Wildman–Crippen LogP) is 5.01.